The second kappa shape index (κ2) is 9.17. The highest BCUT2D eigenvalue weighted by Gasteiger charge is 2.48. The van der Waals surface area contributed by atoms with Gasteiger partial charge in [-0.1, -0.05) is 13.8 Å². The molecular formula is C15H24O7. The van der Waals surface area contributed by atoms with Gasteiger partial charge < -0.3 is 14.2 Å². The summed E-state index contributed by atoms with van der Waals surface area (Å²) < 4.78 is 14.4. The average Bonchev–Trinajstić information content (AvgIpc) is 2.39. The quantitative estimate of drug-likeness (QED) is 0.359. The van der Waals surface area contributed by atoms with Gasteiger partial charge in [0.15, 0.2) is 11.7 Å². The molecule has 0 unspecified atom stereocenters. The lowest BCUT2D eigenvalue weighted by atomic mass is 9.74. The Balaban J connectivity index is 5.31. The molecule has 0 saturated carbocycles. The Morgan fingerprint density at radius 2 is 1.23 bits per heavy atom. The number of ketones is 1. The molecule has 0 rings (SSSR count). The molecule has 0 bridgehead atoms. The first-order valence-corrected chi connectivity index (χ1v) is 7.24. The van der Waals surface area contributed by atoms with Crippen LogP contribution >= 0.6 is 0 Å². The third-order valence-corrected chi connectivity index (χ3v) is 3.10. The zero-order valence-electron chi connectivity index (χ0n) is 13.8. The molecule has 0 heterocycles. The maximum absolute atomic E-state index is 12.3. The van der Waals surface area contributed by atoms with Gasteiger partial charge in [0, 0.05) is 5.41 Å². The Morgan fingerprint density at radius 1 is 0.818 bits per heavy atom. The lowest BCUT2D eigenvalue weighted by Gasteiger charge is -2.29. The molecule has 7 heteroatoms. The number of hydrogen-bond donors (Lipinski definition) is 0. The fourth-order valence-electron chi connectivity index (χ4n) is 1.87. The SMILES string of the molecule is CCOC(=O)CC(=O)C(C)(C)C(C(=O)OCC)C(=O)OCC. The Hall–Kier alpha value is -1.92. The van der Waals surface area contributed by atoms with Crippen LogP contribution in [0.25, 0.3) is 0 Å². The summed E-state index contributed by atoms with van der Waals surface area (Å²) >= 11 is 0. The molecule has 0 aromatic rings. The van der Waals surface area contributed by atoms with Gasteiger partial charge in [-0.25, -0.2) is 0 Å². The van der Waals surface area contributed by atoms with E-state index < -0.39 is 41.4 Å². The molecule has 0 atom stereocenters. The van der Waals surface area contributed by atoms with Gasteiger partial charge >= 0.3 is 17.9 Å². The third kappa shape index (κ3) is 5.46. The van der Waals surface area contributed by atoms with E-state index in [1.54, 1.807) is 20.8 Å². The van der Waals surface area contributed by atoms with Crippen LogP contribution in [0.15, 0.2) is 0 Å². The highest BCUT2D eigenvalue weighted by atomic mass is 16.6. The highest BCUT2D eigenvalue weighted by molar-refractivity contribution is 6.06. The van der Waals surface area contributed by atoms with Crippen molar-refractivity contribution in [2.75, 3.05) is 19.8 Å². The van der Waals surface area contributed by atoms with E-state index in [0.717, 1.165) is 0 Å². The molecule has 0 saturated heterocycles. The molecule has 0 N–H and O–H groups in total. The summed E-state index contributed by atoms with van der Waals surface area (Å²) in [6.45, 7) is 7.90. The third-order valence-electron chi connectivity index (χ3n) is 3.10. The lowest BCUT2D eigenvalue weighted by Crippen LogP contribution is -2.45. The lowest BCUT2D eigenvalue weighted by molar-refractivity contribution is -0.171. The van der Waals surface area contributed by atoms with Crippen molar-refractivity contribution in [2.45, 2.75) is 41.0 Å². The van der Waals surface area contributed by atoms with Gasteiger partial charge in [0.25, 0.3) is 0 Å². The van der Waals surface area contributed by atoms with E-state index in [4.69, 9.17) is 14.2 Å². The molecule has 0 radical (unpaired) electrons. The van der Waals surface area contributed by atoms with Gasteiger partial charge in [0.05, 0.1) is 19.8 Å². The van der Waals surface area contributed by atoms with E-state index in [9.17, 15) is 19.2 Å². The van der Waals surface area contributed by atoms with Crippen molar-refractivity contribution in [3.05, 3.63) is 0 Å². The summed E-state index contributed by atoms with van der Waals surface area (Å²) in [7, 11) is 0. The van der Waals surface area contributed by atoms with Gasteiger partial charge in [-0.15, -0.1) is 0 Å². The Morgan fingerprint density at radius 3 is 1.59 bits per heavy atom. The van der Waals surface area contributed by atoms with Crippen molar-refractivity contribution in [3.8, 4) is 0 Å². The van der Waals surface area contributed by atoms with E-state index in [1.807, 2.05) is 0 Å². The van der Waals surface area contributed by atoms with E-state index in [0.29, 0.717) is 0 Å². The van der Waals surface area contributed by atoms with Crippen LogP contribution in [0, 0.1) is 11.3 Å². The second-order valence-electron chi connectivity index (χ2n) is 5.06. The summed E-state index contributed by atoms with van der Waals surface area (Å²) in [6, 6.07) is 0. The highest BCUT2D eigenvalue weighted by Crippen LogP contribution is 2.32. The smallest absolute Gasteiger partial charge is 0.321 e. The van der Waals surface area contributed by atoms with E-state index >= 15 is 0 Å². The number of hydrogen-bond acceptors (Lipinski definition) is 7. The first-order chi connectivity index (χ1) is 10.2. The average molecular weight is 316 g/mol. The summed E-state index contributed by atoms with van der Waals surface area (Å²) in [6.07, 6.45) is -0.518. The largest absolute Gasteiger partial charge is 0.466 e. The van der Waals surface area contributed by atoms with Crippen LogP contribution < -0.4 is 0 Å². The molecule has 126 valence electrons. The molecule has 0 aliphatic heterocycles. The minimum atomic E-state index is -1.44. The number of Topliss-reactive ketones (excluding diaryl/α,β-unsaturated/α-hetero) is 1. The summed E-state index contributed by atoms with van der Waals surface area (Å²) in [5, 5.41) is 0. The molecule has 22 heavy (non-hydrogen) atoms. The van der Waals surface area contributed by atoms with Gasteiger partial charge in [-0.3, -0.25) is 19.2 Å². The van der Waals surface area contributed by atoms with Crippen molar-refractivity contribution >= 4 is 23.7 Å². The van der Waals surface area contributed by atoms with E-state index in [1.165, 1.54) is 13.8 Å². The first-order valence-electron chi connectivity index (χ1n) is 7.24. The van der Waals surface area contributed by atoms with Gasteiger partial charge in [-0.2, -0.15) is 0 Å². The molecule has 0 spiro atoms. The second-order valence-corrected chi connectivity index (χ2v) is 5.06. The number of carbonyl (C=O) groups excluding carboxylic acids is 4. The molecule has 0 aromatic heterocycles. The predicted octanol–water partition coefficient (Wildman–Crippen LogP) is 1.28. The molecular weight excluding hydrogens is 292 g/mol. The minimum Gasteiger partial charge on any atom is -0.466 e. The first kappa shape index (κ1) is 20.1. The summed E-state index contributed by atoms with van der Waals surface area (Å²) in [5.41, 5.74) is -1.44. The van der Waals surface area contributed by atoms with Crippen molar-refractivity contribution < 1.29 is 33.4 Å². The zero-order valence-corrected chi connectivity index (χ0v) is 13.8. The maximum atomic E-state index is 12.3. The standard InChI is InChI=1S/C15H24O7/c1-6-20-11(17)9-10(16)15(4,5)12(13(18)21-7-2)14(19)22-8-3/h12H,6-9H2,1-5H3. The zero-order chi connectivity index (χ0) is 17.3. The number of carbonyl (C=O) groups is 4. The minimum absolute atomic E-state index is 0.0664. The van der Waals surface area contributed by atoms with Crippen LogP contribution in [-0.4, -0.2) is 43.5 Å². The molecule has 0 aromatic carbocycles. The van der Waals surface area contributed by atoms with Gasteiger partial charge in [0.2, 0.25) is 0 Å². The van der Waals surface area contributed by atoms with Crippen molar-refractivity contribution in [2.24, 2.45) is 11.3 Å². The van der Waals surface area contributed by atoms with Crippen LogP contribution in [0.1, 0.15) is 41.0 Å². The number of ether oxygens (including phenoxy) is 3. The molecule has 0 aliphatic rings. The van der Waals surface area contributed by atoms with Gasteiger partial charge in [-0.05, 0) is 20.8 Å². The van der Waals surface area contributed by atoms with Crippen LogP contribution in [0.5, 0.6) is 0 Å². The Kier molecular flexibility index (Phi) is 8.37. The molecule has 7 nitrogen and oxygen atoms in total. The summed E-state index contributed by atoms with van der Waals surface area (Å²) in [4.78, 5) is 47.8. The van der Waals surface area contributed by atoms with Crippen molar-refractivity contribution in [3.63, 3.8) is 0 Å². The van der Waals surface area contributed by atoms with Crippen LogP contribution in [0.4, 0.5) is 0 Å². The van der Waals surface area contributed by atoms with Crippen LogP contribution in [0.3, 0.4) is 0 Å². The van der Waals surface area contributed by atoms with E-state index in [2.05, 4.69) is 0 Å². The normalized spacial score (nSPS) is 11.0. The number of esters is 3. The maximum Gasteiger partial charge on any atom is 0.321 e. The van der Waals surface area contributed by atoms with Crippen molar-refractivity contribution in [1.29, 1.82) is 0 Å². The Bertz CT molecular complexity index is 408. The molecule has 0 fully saturated rings. The van der Waals surface area contributed by atoms with Crippen LogP contribution in [-0.2, 0) is 33.4 Å². The van der Waals surface area contributed by atoms with E-state index in [-0.39, 0.29) is 19.8 Å². The topological polar surface area (TPSA) is 96.0 Å². The predicted molar refractivity (Wildman–Crippen MR) is 76.8 cm³/mol. The molecule has 0 amide bonds. The Labute approximate surface area is 130 Å². The monoisotopic (exact) mass is 316 g/mol. The fraction of sp³-hybridized carbons (Fsp3) is 0.733. The number of rotatable bonds is 9. The molecule has 0 aliphatic carbocycles. The summed E-state index contributed by atoms with van der Waals surface area (Å²) in [5.74, 6) is -4.40. The van der Waals surface area contributed by atoms with Crippen LogP contribution in [0.2, 0.25) is 0 Å². The van der Waals surface area contributed by atoms with Gasteiger partial charge in [0.1, 0.15) is 6.42 Å². The van der Waals surface area contributed by atoms with Crippen molar-refractivity contribution in [1.82, 2.24) is 0 Å². The fourth-order valence-corrected chi connectivity index (χ4v) is 1.87.